The van der Waals surface area contributed by atoms with Crippen LogP contribution in [0.3, 0.4) is 0 Å². The van der Waals surface area contributed by atoms with Gasteiger partial charge in [-0.3, -0.25) is 9.59 Å². The molecule has 0 spiro atoms. The van der Waals surface area contributed by atoms with Gasteiger partial charge in [-0.05, 0) is 31.5 Å². The van der Waals surface area contributed by atoms with Crippen LogP contribution in [0.1, 0.15) is 51.4 Å². The summed E-state index contributed by atoms with van der Waals surface area (Å²) in [7, 11) is 0. The summed E-state index contributed by atoms with van der Waals surface area (Å²) in [6, 6.07) is 9.79. The van der Waals surface area contributed by atoms with Gasteiger partial charge in [0.2, 0.25) is 5.78 Å². The van der Waals surface area contributed by atoms with E-state index >= 15 is 0 Å². The van der Waals surface area contributed by atoms with Crippen molar-refractivity contribution in [2.45, 2.75) is 25.8 Å². The van der Waals surface area contributed by atoms with Gasteiger partial charge in [-0.25, -0.2) is 4.79 Å². The van der Waals surface area contributed by atoms with Crippen LogP contribution in [0.5, 0.6) is 0 Å². The number of benzene rings is 1. The molecular weight excluding hydrogens is 310 g/mol. The van der Waals surface area contributed by atoms with Crippen LogP contribution >= 0.6 is 0 Å². The van der Waals surface area contributed by atoms with E-state index in [1.807, 2.05) is 0 Å². The number of fused-ring (bicyclic) bond motifs is 1. The molecule has 1 N–H and O–H groups in total. The number of hydrogen-bond donors (Lipinski definition) is 1. The largest absolute Gasteiger partial charge is 0.481 e. The molecule has 0 amide bonds. The minimum absolute atomic E-state index is 0.215. The average molecular weight is 327 g/mol. The van der Waals surface area contributed by atoms with Gasteiger partial charge in [0.15, 0.2) is 0 Å². The van der Waals surface area contributed by atoms with E-state index in [0.29, 0.717) is 24.4 Å². The van der Waals surface area contributed by atoms with Crippen molar-refractivity contribution in [3.8, 4) is 0 Å². The Morgan fingerprint density at radius 1 is 1.17 bits per heavy atom. The molecule has 1 unspecified atom stereocenters. The number of carboxylic acids is 1. The van der Waals surface area contributed by atoms with Crippen LogP contribution in [0.25, 0.3) is 0 Å². The molecule has 1 aromatic carbocycles. The molecule has 1 aliphatic rings. The van der Waals surface area contributed by atoms with Crippen molar-refractivity contribution in [1.82, 2.24) is 4.57 Å². The van der Waals surface area contributed by atoms with Crippen LogP contribution in [0.2, 0.25) is 0 Å². The quantitative estimate of drug-likeness (QED) is 0.673. The molecule has 6 nitrogen and oxygen atoms in total. The van der Waals surface area contributed by atoms with E-state index in [0.717, 1.165) is 0 Å². The third-order valence-corrected chi connectivity index (χ3v) is 4.21. The zero-order valence-corrected chi connectivity index (χ0v) is 13.2. The van der Waals surface area contributed by atoms with Crippen molar-refractivity contribution in [1.29, 1.82) is 0 Å². The summed E-state index contributed by atoms with van der Waals surface area (Å²) in [4.78, 5) is 36.2. The minimum Gasteiger partial charge on any atom is -0.481 e. The highest BCUT2D eigenvalue weighted by atomic mass is 16.5. The number of aliphatic carboxylic acids is 1. The zero-order chi connectivity index (χ0) is 17.3. The van der Waals surface area contributed by atoms with Crippen molar-refractivity contribution >= 4 is 17.7 Å². The van der Waals surface area contributed by atoms with Gasteiger partial charge in [0.1, 0.15) is 0 Å². The lowest BCUT2D eigenvalue weighted by molar-refractivity contribution is -0.138. The van der Waals surface area contributed by atoms with E-state index in [1.54, 1.807) is 47.9 Å². The number of nitrogens with zero attached hydrogens (tertiary/aromatic N) is 1. The molecule has 3 rings (SSSR count). The van der Waals surface area contributed by atoms with Crippen LogP contribution in [0.4, 0.5) is 0 Å². The number of carboxylic acid groups (broad SMARTS) is 1. The van der Waals surface area contributed by atoms with Crippen LogP contribution < -0.4 is 0 Å². The summed E-state index contributed by atoms with van der Waals surface area (Å²) in [5, 5.41) is 9.24. The van der Waals surface area contributed by atoms with E-state index in [1.165, 1.54) is 0 Å². The molecule has 0 fully saturated rings. The Morgan fingerprint density at radius 3 is 2.54 bits per heavy atom. The van der Waals surface area contributed by atoms with Crippen molar-refractivity contribution in [3.05, 3.63) is 58.9 Å². The van der Waals surface area contributed by atoms with Gasteiger partial charge >= 0.3 is 11.9 Å². The van der Waals surface area contributed by atoms with Crippen molar-refractivity contribution in [2.24, 2.45) is 0 Å². The molecule has 6 heteroatoms. The summed E-state index contributed by atoms with van der Waals surface area (Å²) < 4.78 is 6.73. The van der Waals surface area contributed by atoms with Gasteiger partial charge in [0.25, 0.3) is 0 Å². The molecule has 0 radical (unpaired) electrons. The fourth-order valence-corrected chi connectivity index (χ4v) is 3.10. The second kappa shape index (κ2) is 6.31. The first-order chi connectivity index (χ1) is 11.5. The summed E-state index contributed by atoms with van der Waals surface area (Å²) in [5.41, 5.74) is 1.49. The van der Waals surface area contributed by atoms with Crippen molar-refractivity contribution < 1.29 is 24.2 Å². The molecule has 0 bridgehead atoms. The van der Waals surface area contributed by atoms with Gasteiger partial charge in [-0.2, -0.15) is 0 Å². The number of rotatable bonds is 5. The van der Waals surface area contributed by atoms with Crippen LogP contribution in [-0.2, 0) is 16.1 Å². The molecule has 0 saturated heterocycles. The van der Waals surface area contributed by atoms with Crippen LogP contribution in [-0.4, -0.2) is 34.0 Å². The summed E-state index contributed by atoms with van der Waals surface area (Å²) in [6.45, 7) is 2.40. The highest BCUT2D eigenvalue weighted by Crippen LogP contribution is 2.31. The monoisotopic (exact) mass is 327 g/mol. The highest BCUT2D eigenvalue weighted by molar-refractivity contribution is 6.14. The van der Waals surface area contributed by atoms with Gasteiger partial charge in [0.05, 0.1) is 23.8 Å². The summed E-state index contributed by atoms with van der Waals surface area (Å²) >= 11 is 0. The summed E-state index contributed by atoms with van der Waals surface area (Å²) in [5.74, 6) is -2.33. The number of ether oxygens (including phenoxy) is 1. The molecule has 0 saturated carbocycles. The van der Waals surface area contributed by atoms with Crippen molar-refractivity contribution in [3.63, 3.8) is 0 Å². The first kappa shape index (κ1) is 16.0. The lowest BCUT2D eigenvalue weighted by atomic mass is 10.0. The Kier molecular flexibility index (Phi) is 4.20. The molecule has 1 aliphatic heterocycles. The fraction of sp³-hybridized carbons (Fsp3) is 0.278. The predicted molar refractivity (Wildman–Crippen MR) is 85.3 cm³/mol. The van der Waals surface area contributed by atoms with Gasteiger partial charge in [-0.15, -0.1) is 0 Å². The van der Waals surface area contributed by atoms with Gasteiger partial charge in [-0.1, -0.05) is 18.2 Å². The van der Waals surface area contributed by atoms with E-state index in [4.69, 9.17) is 4.74 Å². The second-order valence-electron chi connectivity index (χ2n) is 5.57. The fourth-order valence-electron chi connectivity index (χ4n) is 3.10. The molecule has 0 aliphatic carbocycles. The Bertz CT molecular complexity index is 821. The maximum atomic E-state index is 12.9. The minimum atomic E-state index is -0.891. The molecule has 1 aromatic heterocycles. The normalized spacial score (nSPS) is 15.8. The standard InChI is InChI=1S/C18H17NO5/c1-2-24-18(23)12-6-4-3-5-11(12)16(20)15-8-7-14-13(17(21)22)9-10-19(14)15/h3-8,13H,2,9-10H2,1H3,(H,21,22). The highest BCUT2D eigenvalue weighted by Gasteiger charge is 2.32. The maximum Gasteiger partial charge on any atom is 0.338 e. The molecule has 2 heterocycles. The maximum absolute atomic E-state index is 12.9. The smallest absolute Gasteiger partial charge is 0.338 e. The molecular formula is C18H17NO5. The number of hydrogen-bond acceptors (Lipinski definition) is 4. The SMILES string of the molecule is CCOC(=O)c1ccccc1C(=O)c1ccc2n1CCC2C(=O)O. The summed E-state index contributed by atoms with van der Waals surface area (Å²) in [6.07, 6.45) is 0.464. The van der Waals surface area contributed by atoms with Crippen LogP contribution in [0.15, 0.2) is 36.4 Å². The Hall–Kier alpha value is -2.89. The van der Waals surface area contributed by atoms with Crippen LogP contribution in [0, 0.1) is 0 Å². The van der Waals surface area contributed by atoms with E-state index in [9.17, 15) is 19.5 Å². The number of esters is 1. The number of ketones is 1. The van der Waals surface area contributed by atoms with Gasteiger partial charge in [0, 0.05) is 17.8 Å². The first-order valence-corrected chi connectivity index (χ1v) is 7.77. The molecule has 124 valence electrons. The Balaban J connectivity index is 1.99. The van der Waals surface area contributed by atoms with E-state index in [-0.39, 0.29) is 23.5 Å². The Labute approximate surface area is 138 Å². The Morgan fingerprint density at radius 2 is 1.88 bits per heavy atom. The van der Waals surface area contributed by atoms with E-state index in [2.05, 4.69) is 0 Å². The first-order valence-electron chi connectivity index (χ1n) is 7.77. The second-order valence-corrected chi connectivity index (χ2v) is 5.57. The molecule has 2 aromatic rings. The topological polar surface area (TPSA) is 85.6 Å². The lowest BCUT2D eigenvalue weighted by Crippen LogP contribution is -2.15. The molecule has 24 heavy (non-hydrogen) atoms. The van der Waals surface area contributed by atoms with Gasteiger partial charge < -0.3 is 14.4 Å². The number of carbonyl (C=O) groups is 3. The van der Waals surface area contributed by atoms with E-state index < -0.39 is 17.9 Å². The number of aromatic nitrogens is 1. The van der Waals surface area contributed by atoms with Crippen molar-refractivity contribution in [2.75, 3.05) is 6.61 Å². The zero-order valence-electron chi connectivity index (χ0n) is 13.2. The predicted octanol–water partition coefficient (Wildman–Crippen LogP) is 2.47. The number of carbonyl (C=O) groups excluding carboxylic acids is 2. The third kappa shape index (κ3) is 2.60. The lowest BCUT2D eigenvalue weighted by Gasteiger charge is -2.09. The molecule has 1 atom stereocenters. The third-order valence-electron chi connectivity index (χ3n) is 4.21. The average Bonchev–Trinajstić information content (AvgIpc) is 3.16.